The number of aliphatic hydroxyl groups is 1. The van der Waals surface area contributed by atoms with Gasteiger partial charge in [-0.05, 0) is 29.8 Å². The van der Waals surface area contributed by atoms with Crippen LogP contribution in [0.3, 0.4) is 0 Å². The summed E-state index contributed by atoms with van der Waals surface area (Å²) < 4.78 is 45.6. The Labute approximate surface area is 152 Å². The predicted octanol–water partition coefficient (Wildman–Crippen LogP) is 2.52. The maximum absolute atomic E-state index is 13.5. The van der Waals surface area contributed by atoms with E-state index in [9.17, 15) is 23.1 Å². The average Bonchev–Trinajstić information content (AvgIpc) is 3.02. The van der Waals surface area contributed by atoms with Gasteiger partial charge in [0.1, 0.15) is 5.75 Å². The van der Waals surface area contributed by atoms with Crippen molar-refractivity contribution in [2.75, 3.05) is 7.11 Å². The molecule has 142 valence electrons. The number of carbonyl (C=O) groups excluding carboxylic acids is 1. The molecule has 0 bridgehead atoms. The number of pyridine rings is 1. The molecule has 2 aromatic rings. The maximum Gasteiger partial charge on any atom is 0.438 e. The fourth-order valence-electron chi connectivity index (χ4n) is 2.73. The number of halogens is 3. The smallest absolute Gasteiger partial charge is 0.438 e. The number of aromatic nitrogens is 1. The molecule has 0 unspecified atom stereocenters. The fraction of sp³-hybridized carbons (Fsp3) is 0.278. The summed E-state index contributed by atoms with van der Waals surface area (Å²) >= 11 is 0. The number of ether oxygens (including phenoxy) is 1. The minimum atomic E-state index is -5.07. The van der Waals surface area contributed by atoms with E-state index in [1.54, 1.807) is 24.3 Å². The van der Waals surface area contributed by atoms with Crippen LogP contribution in [0.15, 0.2) is 53.9 Å². The lowest BCUT2D eigenvalue weighted by Crippen LogP contribution is -2.57. The van der Waals surface area contributed by atoms with Crippen molar-refractivity contribution in [3.05, 3.63) is 59.9 Å². The van der Waals surface area contributed by atoms with Crippen molar-refractivity contribution >= 4 is 11.6 Å². The molecule has 27 heavy (non-hydrogen) atoms. The van der Waals surface area contributed by atoms with Gasteiger partial charge in [0.25, 0.3) is 5.72 Å². The largest absolute Gasteiger partial charge is 0.497 e. The van der Waals surface area contributed by atoms with Crippen LogP contribution in [0.4, 0.5) is 13.2 Å². The molecule has 0 saturated heterocycles. The second-order valence-electron chi connectivity index (χ2n) is 6.00. The Morgan fingerprint density at radius 1 is 1.22 bits per heavy atom. The van der Waals surface area contributed by atoms with E-state index >= 15 is 0 Å². The highest BCUT2D eigenvalue weighted by atomic mass is 19.4. The number of methoxy groups -OCH3 is 1. The summed E-state index contributed by atoms with van der Waals surface area (Å²) in [6, 6.07) is 9.24. The third-order valence-corrected chi connectivity index (χ3v) is 4.20. The minimum Gasteiger partial charge on any atom is -0.497 e. The highest BCUT2D eigenvalue weighted by Crippen LogP contribution is 2.41. The number of hydrogen-bond donors (Lipinski definition) is 1. The molecule has 1 N–H and O–H groups in total. The van der Waals surface area contributed by atoms with E-state index in [0.717, 1.165) is 0 Å². The standard InChI is InChI=1S/C18H16F3N3O3/c1-27-14-4-2-12(3-5-14)10-16(25)24-17(26,18(19,20)21)11-15(23-24)13-6-8-22-9-7-13/h2-9,26H,10-11H2,1H3/t17-/m0/s1. The summed E-state index contributed by atoms with van der Waals surface area (Å²) in [5.41, 5.74) is -2.61. The second-order valence-corrected chi connectivity index (χ2v) is 6.00. The van der Waals surface area contributed by atoms with Crippen molar-refractivity contribution < 1.29 is 27.8 Å². The van der Waals surface area contributed by atoms with E-state index in [0.29, 0.717) is 16.9 Å². The van der Waals surface area contributed by atoms with Gasteiger partial charge in [0.2, 0.25) is 5.91 Å². The van der Waals surface area contributed by atoms with E-state index in [-0.39, 0.29) is 17.1 Å². The van der Waals surface area contributed by atoms with Crippen LogP contribution >= 0.6 is 0 Å². The lowest BCUT2D eigenvalue weighted by atomic mass is 10.0. The van der Waals surface area contributed by atoms with Crippen LogP contribution in [-0.4, -0.2) is 45.7 Å². The Balaban J connectivity index is 1.90. The molecule has 1 aromatic heterocycles. The molecule has 9 heteroatoms. The van der Waals surface area contributed by atoms with E-state index < -0.39 is 24.2 Å². The number of amides is 1. The van der Waals surface area contributed by atoms with Crippen LogP contribution in [0.25, 0.3) is 0 Å². The molecule has 3 rings (SSSR count). The summed E-state index contributed by atoms with van der Waals surface area (Å²) in [4.78, 5) is 16.3. The third kappa shape index (κ3) is 3.63. The van der Waals surface area contributed by atoms with Crippen molar-refractivity contribution in [3.8, 4) is 5.75 Å². The number of hydrazone groups is 1. The van der Waals surface area contributed by atoms with Crippen LogP contribution < -0.4 is 4.74 Å². The maximum atomic E-state index is 13.5. The Hall–Kier alpha value is -2.94. The molecule has 0 fully saturated rings. The van der Waals surface area contributed by atoms with Gasteiger partial charge >= 0.3 is 6.18 Å². The molecule has 1 aliphatic rings. The molecule has 0 radical (unpaired) electrons. The first-order valence-electron chi connectivity index (χ1n) is 7.97. The number of hydrogen-bond acceptors (Lipinski definition) is 5. The number of alkyl halides is 3. The number of benzene rings is 1. The van der Waals surface area contributed by atoms with Crippen LogP contribution in [0.1, 0.15) is 17.5 Å². The molecule has 6 nitrogen and oxygen atoms in total. The van der Waals surface area contributed by atoms with Crippen LogP contribution in [0.5, 0.6) is 5.75 Å². The highest BCUT2D eigenvalue weighted by molar-refractivity contribution is 6.03. The van der Waals surface area contributed by atoms with Gasteiger partial charge in [0, 0.05) is 18.0 Å². The first-order chi connectivity index (χ1) is 12.7. The molecule has 1 aliphatic heterocycles. The highest BCUT2D eigenvalue weighted by Gasteiger charge is 2.63. The lowest BCUT2D eigenvalue weighted by molar-refractivity contribution is -0.302. The van der Waals surface area contributed by atoms with Gasteiger partial charge in [-0.2, -0.15) is 23.3 Å². The molecule has 1 aromatic carbocycles. The normalized spacial score (nSPS) is 19.7. The van der Waals surface area contributed by atoms with E-state index in [1.165, 1.54) is 31.6 Å². The predicted molar refractivity (Wildman–Crippen MR) is 89.9 cm³/mol. The van der Waals surface area contributed by atoms with Gasteiger partial charge in [-0.15, -0.1) is 0 Å². The van der Waals surface area contributed by atoms with Crippen molar-refractivity contribution in [1.82, 2.24) is 9.99 Å². The first-order valence-corrected chi connectivity index (χ1v) is 7.97. The van der Waals surface area contributed by atoms with E-state index in [2.05, 4.69) is 10.1 Å². The Morgan fingerprint density at radius 3 is 2.41 bits per heavy atom. The summed E-state index contributed by atoms with van der Waals surface area (Å²) in [5.74, 6) is -0.416. The lowest BCUT2D eigenvalue weighted by Gasteiger charge is -2.32. The van der Waals surface area contributed by atoms with E-state index in [4.69, 9.17) is 4.74 Å². The molecule has 0 saturated carbocycles. The van der Waals surface area contributed by atoms with E-state index in [1.807, 2.05) is 0 Å². The molecule has 0 aliphatic carbocycles. The summed E-state index contributed by atoms with van der Waals surface area (Å²) in [6.07, 6.45) is -3.48. The minimum absolute atomic E-state index is 0.0414. The fourth-order valence-corrected chi connectivity index (χ4v) is 2.73. The summed E-state index contributed by atoms with van der Waals surface area (Å²) in [6.45, 7) is 0. The zero-order valence-corrected chi connectivity index (χ0v) is 14.3. The molecule has 2 heterocycles. The van der Waals surface area contributed by atoms with Gasteiger partial charge in [0.15, 0.2) is 0 Å². The van der Waals surface area contributed by atoms with Crippen molar-refractivity contribution in [3.63, 3.8) is 0 Å². The third-order valence-electron chi connectivity index (χ3n) is 4.20. The SMILES string of the molecule is COc1ccc(CC(=O)N2N=C(c3ccncc3)C[C@]2(O)C(F)(F)F)cc1. The molecule has 1 atom stereocenters. The Morgan fingerprint density at radius 2 is 1.85 bits per heavy atom. The van der Waals surface area contributed by atoms with Crippen molar-refractivity contribution in [1.29, 1.82) is 0 Å². The second kappa shape index (κ2) is 6.99. The average molecular weight is 379 g/mol. The van der Waals surface area contributed by atoms with Crippen LogP contribution in [0, 0.1) is 0 Å². The van der Waals surface area contributed by atoms with Gasteiger partial charge < -0.3 is 9.84 Å². The van der Waals surface area contributed by atoms with Gasteiger partial charge in [-0.25, -0.2) is 0 Å². The number of rotatable bonds is 4. The number of nitrogens with zero attached hydrogens (tertiary/aromatic N) is 3. The van der Waals surface area contributed by atoms with Crippen molar-refractivity contribution in [2.24, 2.45) is 5.10 Å². The summed E-state index contributed by atoms with van der Waals surface area (Å²) in [7, 11) is 1.48. The van der Waals surface area contributed by atoms with Gasteiger partial charge in [-0.3, -0.25) is 9.78 Å². The molecular formula is C18H16F3N3O3. The first kappa shape index (κ1) is 18.8. The molecular weight excluding hydrogens is 363 g/mol. The monoisotopic (exact) mass is 379 g/mol. The van der Waals surface area contributed by atoms with Gasteiger partial charge in [-0.1, -0.05) is 12.1 Å². The van der Waals surface area contributed by atoms with Gasteiger partial charge in [0.05, 0.1) is 25.7 Å². The molecule has 0 spiro atoms. The van der Waals surface area contributed by atoms with Crippen LogP contribution in [-0.2, 0) is 11.2 Å². The topological polar surface area (TPSA) is 75.0 Å². The van der Waals surface area contributed by atoms with Crippen LogP contribution in [0.2, 0.25) is 0 Å². The quantitative estimate of drug-likeness (QED) is 0.886. The summed E-state index contributed by atoms with van der Waals surface area (Å²) in [5, 5.41) is 14.2. The Kier molecular flexibility index (Phi) is 4.88. The zero-order chi connectivity index (χ0) is 19.7. The number of carbonyl (C=O) groups is 1. The zero-order valence-electron chi connectivity index (χ0n) is 14.3. The molecule has 1 amide bonds. The van der Waals surface area contributed by atoms with Crippen molar-refractivity contribution in [2.45, 2.75) is 24.7 Å². The Bertz CT molecular complexity index is 854.